The number of ether oxygens (including phenoxy) is 2. The Morgan fingerprint density at radius 3 is 2.68 bits per heavy atom. The second kappa shape index (κ2) is 8.19. The smallest absolute Gasteiger partial charge is 0.274 e. The van der Waals surface area contributed by atoms with Gasteiger partial charge in [-0.05, 0) is 44.5 Å². The first-order valence-electron chi connectivity index (χ1n) is 7.99. The Bertz CT molecular complexity index is 755. The van der Waals surface area contributed by atoms with E-state index in [4.69, 9.17) is 15.2 Å². The Morgan fingerprint density at radius 2 is 2.08 bits per heavy atom. The van der Waals surface area contributed by atoms with Crippen molar-refractivity contribution in [2.75, 3.05) is 17.7 Å². The molecule has 0 unspecified atom stereocenters. The highest BCUT2D eigenvalue weighted by atomic mass is 16.5. The zero-order chi connectivity index (χ0) is 18.4. The van der Waals surface area contributed by atoms with Crippen molar-refractivity contribution in [3.8, 4) is 11.5 Å². The van der Waals surface area contributed by atoms with E-state index in [1.165, 1.54) is 6.20 Å². The summed E-state index contributed by atoms with van der Waals surface area (Å²) < 4.78 is 11.6. The van der Waals surface area contributed by atoms with Crippen LogP contribution in [0.4, 0.5) is 11.4 Å². The molecule has 0 bridgehead atoms. The molecule has 1 amide bonds. The molecule has 0 atom stereocenters. The van der Waals surface area contributed by atoms with Gasteiger partial charge in [-0.2, -0.15) is 0 Å². The monoisotopic (exact) mass is 341 g/mol. The highest BCUT2D eigenvalue weighted by molar-refractivity contribution is 6.04. The summed E-state index contributed by atoms with van der Waals surface area (Å²) in [6, 6.07) is 6.83. The van der Waals surface area contributed by atoms with Crippen LogP contribution in [0, 0.1) is 6.92 Å². The van der Waals surface area contributed by atoms with E-state index in [1.54, 1.807) is 24.3 Å². The summed E-state index contributed by atoms with van der Waals surface area (Å²) in [5, 5.41) is 2.82. The lowest BCUT2D eigenvalue weighted by atomic mass is 10.1. The largest absolute Gasteiger partial charge is 0.485 e. The molecule has 2 aromatic rings. The van der Waals surface area contributed by atoms with Gasteiger partial charge in [0.15, 0.2) is 11.5 Å². The number of nitrogen functional groups attached to an aromatic ring is 1. The molecule has 0 saturated heterocycles. The summed E-state index contributed by atoms with van der Waals surface area (Å²) in [6.45, 7) is 9.73. The van der Waals surface area contributed by atoms with Crippen molar-refractivity contribution in [2.45, 2.75) is 26.9 Å². The highest BCUT2D eigenvalue weighted by Crippen LogP contribution is 2.39. The van der Waals surface area contributed by atoms with Crippen molar-refractivity contribution in [3.05, 3.63) is 54.4 Å². The van der Waals surface area contributed by atoms with Crippen LogP contribution in [-0.2, 0) is 0 Å². The summed E-state index contributed by atoms with van der Waals surface area (Å²) >= 11 is 0. The number of hydrogen-bond donors (Lipinski definition) is 2. The van der Waals surface area contributed by atoms with Crippen molar-refractivity contribution >= 4 is 17.3 Å². The molecule has 0 aliphatic heterocycles. The second-order valence-electron chi connectivity index (χ2n) is 5.79. The summed E-state index contributed by atoms with van der Waals surface area (Å²) in [5.74, 6) is 0.712. The average Bonchev–Trinajstić information content (AvgIpc) is 2.57. The fourth-order valence-corrected chi connectivity index (χ4v) is 2.16. The minimum Gasteiger partial charge on any atom is -0.485 e. The van der Waals surface area contributed by atoms with Crippen molar-refractivity contribution in [1.29, 1.82) is 0 Å². The quantitative estimate of drug-likeness (QED) is 0.752. The second-order valence-corrected chi connectivity index (χ2v) is 5.79. The van der Waals surface area contributed by atoms with E-state index in [2.05, 4.69) is 16.9 Å². The van der Waals surface area contributed by atoms with E-state index in [-0.39, 0.29) is 17.7 Å². The number of benzene rings is 1. The molecule has 0 aliphatic carbocycles. The van der Waals surface area contributed by atoms with Crippen LogP contribution in [0.2, 0.25) is 0 Å². The third-order valence-electron chi connectivity index (χ3n) is 3.28. The summed E-state index contributed by atoms with van der Waals surface area (Å²) in [4.78, 5) is 16.5. The summed E-state index contributed by atoms with van der Waals surface area (Å²) in [6.07, 6.45) is 3.01. The van der Waals surface area contributed by atoms with Gasteiger partial charge in [-0.15, -0.1) is 0 Å². The first-order valence-corrected chi connectivity index (χ1v) is 7.99. The third kappa shape index (κ3) is 4.73. The van der Waals surface area contributed by atoms with Crippen molar-refractivity contribution < 1.29 is 14.3 Å². The number of anilines is 2. The normalized spacial score (nSPS) is 10.4. The van der Waals surface area contributed by atoms with Crippen LogP contribution in [0.15, 0.2) is 43.1 Å². The Hall–Kier alpha value is -3.02. The van der Waals surface area contributed by atoms with E-state index in [1.807, 2.05) is 26.8 Å². The van der Waals surface area contributed by atoms with Gasteiger partial charge in [-0.3, -0.25) is 4.79 Å². The maximum Gasteiger partial charge on any atom is 0.274 e. The molecule has 1 aromatic carbocycles. The molecule has 25 heavy (non-hydrogen) atoms. The van der Waals surface area contributed by atoms with Crippen molar-refractivity contribution in [3.63, 3.8) is 0 Å². The Morgan fingerprint density at radius 1 is 1.32 bits per heavy atom. The number of carbonyl (C=O) groups excluding carboxylic acids is 1. The Balaban J connectivity index is 2.36. The van der Waals surface area contributed by atoms with Gasteiger partial charge in [0.05, 0.1) is 23.7 Å². The lowest BCUT2D eigenvalue weighted by molar-refractivity contribution is 0.102. The number of aryl methyl sites for hydroxylation is 1. The number of nitrogens with one attached hydrogen (secondary N) is 1. The SMILES string of the molecule is C=CCOc1c(C)ccc(NC(=O)c2ccc(N)cn2)c1OC(C)C. The summed E-state index contributed by atoms with van der Waals surface area (Å²) in [7, 11) is 0. The van der Waals surface area contributed by atoms with E-state index in [0.29, 0.717) is 29.5 Å². The number of nitrogens with zero attached hydrogens (tertiary/aromatic N) is 1. The number of aromatic nitrogens is 1. The van der Waals surface area contributed by atoms with Crippen molar-refractivity contribution in [2.24, 2.45) is 0 Å². The van der Waals surface area contributed by atoms with Gasteiger partial charge in [-0.1, -0.05) is 18.7 Å². The van der Waals surface area contributed by atoms with Crippen LogP contribution >= 0.6 is 0 Å². The topological polar surface area (TPSA) is 86.5 Å². The van der Waals surface area contributed by atoms with Crippen molar-refractivity contribution in [1.82, 2.24) is 4.98 Å². The van der Waals surface area contributed by atoms with Crippen LogP contribution < -0.4 is 20.5 Å². The number of nitrogens with two attached hydrogens (primary N) is 1. The minimum atomic E-state index is -0.355. The van der Waals surface area contributed by atoms with Crippen LogP contribution in [0.3, 0.4) is 0 Å². The van der Waals surface area contributed by atoms with Crippen LogP contribution in [0.5, 0.6) is 11.5 Å². The number of amides is 1. The zero-order valence-corrected chi connectivity index (χ0v) is 14.7. The van der Waals surface area contributed by atoms with Gasteiger partial charge >= 0.3 is 0 Å². The standard InChI is InChI=1S/C19H23N3O3/c1-5-10-24-17-13(4)6-8-15(18(17)25-12(2)3)22-19(23)16-9-7-14(20)11-21-16/h5-9,11-12H,1,10,20H2,2-4H3,(H,22,23). The summed E-state index contributed by atoms with van der Waals surface area (Å²) in [5.41, 5.74) is 7.78. The molecule has 1 heterocycles. The highest BCUT2D eigenvalue weighted by Gasteiger charge is 2.18. The fraction of sp³-hybridized carbons (Fsp3) is 0.263. The van der Waals surface area contributed by atoms with Gasteiger partial charge in [0.2, 0.25) is 0 Å². The molecule has 0 aliphatic rings. The van der Waals surface area contributed by atoms with E-state index < -0.39 is 0 Å². The van der Waals surface area contributed by atoms with E-state index >= 15 is 0 Å². The van der Waals surface area contributed by atoms with Gasteiger partial charge in [0.1, 0.15) is 12.3 Å². The first kappa shape index (κ1) is 18.3. The maximum absolute atomic E-state index is 12.4. The first-order chi connectivity index (χ1) is 11.9. The predicted octanol–water partition coefficient (Wildman–Crippen LogP) is 3.58. The number of pyridine rings is 1. The van der Waals surface area contributed by atoms with Gasteiger partial charge < -0.3 is 20.5 Å². The molecule has 0 radical (unpaired) electrons. The van der Waals surface area contributed by atoms with Gasteiger partial charge in [0.25, 0.3) is 5.91 Å². The molecule has 132 valence electrons. The molecular weight excluding hydrogens is 318 g/mol. The van der Waals surface area contributed by atoms with E-state index in [9.17, 15) is 4.79 Å². The maximum atomic E-state index is 12.4. The molecule has 2 rings (SSSR count). The molecule has 0 spiro atoms. The number of carbonyl (C=O) groups is 1. The molecule has 1 aromatic heterocycles. The Labute approximate surface area is 147 Å². The fourth-order valence-electron chi connectivity index (χ4n) is 2.16. The van der Waals surface area contributed by atoms with Gasteiger partial charge in [0, 0.05) is 0 Å². The minimum absolute atomic E-state index is 0.0850. The van der Waals surface area contributed by atoms with Gasteiger partial charge in [-0.25, -0.2) is 4.98 Å². The molecular formula is C19H23N3O3. The zero-order valence-electron chi connectivity index (χ0n) is 14.7. The Kier molecular flexibility index (Phi) is 6.00. The number of hydrogen-bond acceptors (Lipinski definition) is 5. The predicted molar refractivity (Wildman–Crippen MR) is 99.2 cm³/mol. The third-order valence-corrected chi connectivity index (χ3v) is 3.28. The average molecular weight is 341 g/mol. The molecule has 6 heteroatoms. The molecule has 6 nitrogen and oxygen atoms in total. The molecule has 0 saturated carbocycles. The van der Waals surface area contributed by atoms with Crippen LogP contribution in [0.1, 0.15) is 29.9 Å². The number of rotatable bonds is 7. The van der Waals surface area contributed by atoms with Crippen LogP contribution in [-0.4, -0.2) is 23.6 Å². The molecule has 3 N–H and O–H groups in total. The van der Waals surface area contributed by atoms with Crippen LogP contribution in [0.25, 0.3) is 0 Å². The lowest BCUT2D eigenvalue weighted by Gasteiger charge is -2.20. The lowest BCUT2D eigenvalue weighted by Crippen LogP contribution is -2.16. The molecule has 0 fully saturated rings. The van der Waals surface area contributed by atoms with E-state index in [0.717, 1.165) is 5.56 Å².